The first-order chi connectivity index (χ1) is 37.5. The molecule has 0 amide bonds. The maximum atomic E-state index is 9.35. The van der Waals surface area contributed by atoms with Gasteiger partial charge in [-0.25, -0.2) is 0 Å². The molecule has 1 aliphatic rings. The molecule has 0 radical (unpaired) electrons. The average Bonchev–Trinajstić information content (AvgIpc) is 3.95. The van der Waals surface area contributed by atoms with Crippen molar-refractivity contribution in [3.8, 4) is 50.9 Å². The van der Waals surface area contributed by atoms with E-state index in [0.29, 0.717) is 48.9 Å². The Balaban J connectivity index is 1.15. The first kappa shape index (κ1) is 35.5. The van der Waals surface area contributed by atoms with E-state index >= 15 is 0 Å². The van der Waals surface area contributed by atoms with Gasteiger partial charge in [0.2, 0.25) is 0 Å². The Hall–Kier alpha value is -6.55. The molecule has 7 aromatic carbocycles. The molecule has 0 atom stereocenters. The summed E-state index contributed by atoms with van der Waals surface area (Å²) in [5.41, 5.74) is 9.98. The van der Waals surface area contributed by atoms with Crippen molar-refractivity contribution in [2.24, 2.45) is 5.41 Å². The molecule has 0 N–H and O–H groups in total. The van der Waals surface area contributed by atoms with E-state index in [1.807, 2.05) is 90.7 Å². The predicted octanol–water partition coefficient (Wildman–Crippen LogP) is 16.9. The minimum atomic E-state index is -0.552. The first-order valence-corrected chi connectivity index (χ1v) is 24.9. The van der Waals surface area contributed by atoms with E-state index in [9.17, 15) is 5.48 Å². The normalized spacial score (nSPS) is 17.0. The first-order valence-electron chi connectivity index (χ1n) is 28.8. The third-order valence-corrected chi connectivity index (χ3v) is 17.3. The van der Waals surface area contributed by atoms with Crippen molar-refractivity contribution in [1.29, 1.82) is 0 Å². The van der Waals surface area contributed by atoms with E-state index < -0.39 is 60.4 Å². The van der Waals surface area contributed by atoms with Crippen LogP contribution in [0.3, 0.4) is 0 Å². The van der Waals surface area contributed by atoms with E-state index in [-0.39, 0.29) is 43.9 Å². The molecule has 0 unspecified atom stereocenters. The van der Waals surface area contributed by atoms with E-state index in [2.05, 4.69) is 123 Å². The van der Waals surface area contributed by atoms with Crippen LogP contribution in [0.2, 0.25) is 0 Å². The van der Waals surface area contributed by atoms with E-state index in [1.54, 1.807) is 0 Å². The molecule has 6 heteroatoms. The summed E-state index contributed by atoms with van der Waals surface area (Å²) in [5.74, 6) is 1.99. The van der Waals surface area contributed by atoms with Gasteiger partial charge in [-0.2, -0.15) is 0 Å². The molecule has 0 fully saturated rings. The van der Waals surface area contributed by atoms with Crippen LogP contribution in [0.25, 0.3) is 72.3 Å². The van der Waals surface area contributed by atoms with Crippen LogP contribution in [0, 0.1) is 30.0 Å². The Kier molecular flexibility index (Phi) is 8.25. The number of hydrogen-bond donors (Lipinski definition) is 0. The van der Waals surface area contributed by atoms with Crippen molar-refractivity contribution in [2.75, 3.05) is 0 Å². The zero-order valence-corrected chi connectivity index (χ0v) is 44.0. The number of hydrogen-bond acceptors (Lipinski definition) is 2. The van der Waals surface area contributed by atoms with Crippen LogP contribution in [0.1, 0.15) is 109 Å². The van der Waals surface area contributed by atoms with Crippen molar-refractivity contribution in [1.82, 2.24) is 18.7 Å². The van der Waals surface area contributed by atoms with Gasteiger partial charge in [-0.05, 0) is 38.9 Å². The van der Waals surface area contributed by atoms with E-state index in [0.717, 1.165) is 33.1 Å². The number of benzene rings is 7. The Bertz CT molecular complexity index is 4270. The zero-order chi connectivity index (χ0) is 57.9. The summed E-state index contributed by atoms with van der Waals surface area (Å²) in [6.45, 7) is 26.4. The summed E-state index contributed by atoms with van der Waals surface area (Å²) in [6, 6.07) is 25.6. The Morgan fingerprint density at radius 1 is 0.586 bits per heavy atom. The molecule has 0 aliphatic heterocycles. The van der Waals surface area contributed by atoms with Crippen LogP contribution in [-0.2, 0) is 35.6 Å². The van der Waals surface area contributed by atoms with Gasteiger partial charge in [0.05, 0.1) is 0 Å². The third kappa shape index (κ3) is 6.75. The van der Waals surface area contributed by atoms with Crippen LogP contribution >= 0.6 is 0 Å². The van der Waals surface area contributed by atoms with E-state index in [4.69, 9.17) is 17.9 Å². The summed E-state index contributed by atoms with van der Waals surface area (Å²) in [7, 11) is 0. The van der Waals surface area contributed by atoms with Gasteiger partial charge in [-0.15, -0.1) is 0 Å². The third-order valence-electron chi connectivity index (χ3n) is 16.3. The molecule has 0 spiro atoms. The fourth-order valence-corrected chi connectivity index (χ4v) is 12.2. The van der Waals surface area contributed by atoms with Crippen LogP contribution in [0.5, 0.6) is 11.5 Å². The molecule has 0 saturated carbocycles. The van der Waals surface area contributed by atoms with Gasteiger partial charge in [-0.3, -0.25) is 0 Å². The monoisotopic (exact) mass is 1110 g/mol. The van der Waals surface area contributed by atoms with Crippen molar-refractivity contribution in [2.45, 2.75) is 99.3 Å². The predicted molar refractivity (Wildman–Crippen MR) is 288 cm³/mol. The van der Waals surface area contributed by atoms with Gasteiger partial charge in [0.1, 0.15) is 0 Å². The molecule has 3 aromatic heterocycles. The van der Waals surface area contributed by atoms with Crippen LogP contribution in [0.15, 0.2) is 158 Å². The number of nitrogens with zero attached hydrogens (tertiary/aromatic N) is 4. The minimum absolute atomic E-state index is 0.0783. The molecule has 1 aliphatic carbocycles. The Morgan fingerprint density at radius 3 is 1.81 bits per heavy atom. The second-order valence-electron chi connectivity index (χ2n) is 21.4. The van der Waals surface area contributed by atoms with Crippen molar-refractivity contribution in [3.05, 3.63) is 195 Å². The second kappa shape index (κ2) is 16.3. The number of ether oxygens (including phenoxy) is 1. The van der Waals surface area contributed by atoms with Gasteiger partial charge < -0.3 is 0 Å². The van der Waals surface area contributed by atoms with Crippen molar-refractivity contribution >= 4 is 32.8 Å². The molecule has 70 heavy (non-hydrogen) atoms. The number of para-hydroxylation sites is 2. The zero-order valence-electron chi connectivity index (χ0n) is 51.8. The summed E-state index contributed by atoms with van der Waals surface area (Å²) in [6.07, 6.45) is 1.91. The molecule has 10 aromatic rings. The van der Waals surface area contributed by atoms with Crippen LogP contribution < -0.4 is 4.74 Å². The molecule has 11 rings (SSSR count). The SMILES string of the molecule is [2H]c1c([2H])c([2H])c(-c2c(C)c(C)c(C)c(-c3c([2H])c([2H])c([2H])c([2H])c3[2H])c2-n2[c](=[Pt])n(-c3cccc(Oc4ccc5c6ccc7c(c6n(-c6cc(C(C)(C)C)ccn6)c5c4)C(C)(C)C(C)(C)C7(C)C)c3)c3ccccc32)c([2H])c1[2H]. The molecule has 5 nitrogen and oxygen atoms in total. The summed E-state index contributed by atoms with van der Waals surface area (Å²) >= 11 is 2.22. The second-order valence-corrected chi connectivity index (χ2v) is 22.4. The van der Waals surface area contributed by atoms with Gasteiger partial charge in [0.15, 0.2) is 0 Å². The van der Waals surface area contributed by atoms with Gasteiger partial charge in [0, 0.05) is 6.20 Å². The number of pyridine rings is 1. The maximum absolute atomic E-state index is 9.35. The molecule has 0 saturated heterocycles. The summed E-state index contributed by atoms with van der Waals surface area (Å²) < 4.78 is 104. The van der Waals surface area contributed by atoms with Crippen molar-refractivity contribution < 1.29 is 37.8 Å². The average molecular weight is 1110 g/mol. The molecule has 0 bridgehead atoms. The standard InChI is InChI=1S/C64H62N4O.Pt/c1-40-41(2)56(43-22-15-13-16-23-43)60(57(42(40)3)44-24-17-14-18-25-44)67-39-66(52-28-19-20-29-53(52)67)46-26-21-27-47(37-46)69-48-30-31-49-50-32-33-51-58(63(9,10)64(11,12)62(51,7)8)59(50)68(54(49)38-48)55-36-45(34-35-65-55)61(4,5)6;/h13-38H,1-12H3;/i13D,14D,15D,16D,17D,18D,22D,23D,24D,25D;. The molecule has 354 valence electrons. The molecule has 3 heterocycles. The fraction of sp³-hybridized carbons (Fsp3) is 0.250. The summed E-state index contributed by atoms with van der Waals surface area (Å²) in [5, 5.41) is 2.22. The number of imidazole rings is 1. The Labute approximate surface area is 437 Å². The van der Waals surface area contributed by atoms with Gasteiger partial charge >= 0.3 is 326 Å². The quantitative estimate of drug-likeness (QED) is 0.159. The van der Waals surface area contributed by atoms with Gasteiger partial charge in [-0.1, -0.05) is 68.4 Å². The van der Waals surface area contributed by atoms with E-state index in [1.165, 1.54) is 16.7 Å². The fourth-order valence-electron chi connectivity index (χ4n) is 11.1. The Morgan fingerprint density at radius 2 is 1.19 bits per heavy atom. The van der Waals surface area contributed by atoms with Crippen LogP contribution in [-0.4, -0.2) is 18.7 Å². The van der Waals surface area contributed by atoms with Crippen LogP contribution in [0.4, 0.5) is 0 Å². The number of aromatic nitrogens is 4. The summed E-state index contributed by atoms with van der Waals surface area (Å²) in [4.78, 5) is 5.09. The van der Waals surface area contributed by atoms with Crippen molar-refractivity contribution in [3.63, 3.8) is 0 Å². The molecular weight excluding hydrogens is 1040 g/mol. The topological polar surface area (TPSA) is 36.9 Å². The van der Waals surface area contributed by atoms with Gasteiger partial charge in [0.25, 0.3) is 0 Å². The molecular formula is C64H62N4OPt. The number of rotatable bonds is 7. The number of fused-ring (bicyclic) bond motifs is 6.